The van der Waals surface area contributed by atoms with Gasteiger partial charge in [-0.25, -0.2) is 4.99 Å². The van der Waals surface area contributed by atoms with Gasteiger partial charge in [-0.2, -0.15) is 0 Å². The number of hydrogen-bond acceptors (Lipinski definition) is 5. The van der Waals surface area contributed by atoms with Crippen molar-refractivity contribution in [2.45, 2.75) is 18.9 Å². The van der Waals surface area contributed by atoms with E-state index >= 15 is 0 Å². The SMILES string of the molecule is O=c1/c(=C/c2cccnc2)sc2n1[C@H](c1cccs1)C1=C(N=2)c2ccccc2CC1. The Balaban J connectivity index is 1.64. The molecule has 6 rings (SSSR count). The van der Waals surface area contributed by atoms with E-state index in [0.717, 1.165) is 28.9 Å². The summed E-state index contributed by atoms with van der Waals surface area (Å²) < 4.78 is 2.59. The number of allylic oxidation sites excluding steroid dienone is 1. The van der Waals surface area contributed by atoms with Crippen molar-refractivity contribution >= 4 is 34.4 Å². The van der Waals surface area contributed by atoms with Crippen molar-refractivity contribution in [3.63, 3.8) is 0 Å². The number of thiazole rings is 1. The van der Waals surface area contributed by atoms with Gasteiger partial charge in [-0.3, -0.25) is 14.3 Å². The van der Waals surface area contributed by atoms with Crippen molar-refractivity contribution in [2.24, 2.45) is 4.99 Å². The molecule has 146 valence electrons. The summed E-state index contributed by atoms with van der Waals surface area (Å²) in [6, 6.07) is 16.5. The molecule has 0 radical (unpaired) electrons. The van der Waals surface area contributed by atoms with E-state index in [2.05, 4.69) is 46.8 Å². The second-order valence-electron chi connectivity index (χ2n) is 7.42. The molecule has 1 atom stereocenters. The maximum absolute atomic E-state index is 13.5. The average molecular weight is 428 g/mol. The molecule has 30 heavy (non-hydrogen) atoms. The van der Waals surface area contributed by atoms with Crippen LogP contribution in [0.5, 0.6) is 0 Å². The first-order chi connectivity index (χ1) is 14.8. The Labute approximate surface area is 180 Å². The number of fused-ring (bicyclic) bond motifs is 3. The van der Waals surface area contributed by atoms with Gasteiger partial charge in [0.1, 0.15) is 0 Å². The maximum Gasteiger partial charge on any atom is 0.271 e. The van der Waals surface area contributed by atoms with Crippen LogP contribution in [0.4, 0.5) is 0 Å². The van der Waals surface area contributed by atoms with Crippen LogP contribution in [0.3, 0.4) is 0 Å². The van der Waals surface area contributed by atoms with E-state index < -0.39 is 0 Å². The first-order valence-electron chi connectivity index (χ1n) is 9.86. The van der Waals surface area contributed by atoms with Crippen LogP contribution in [0.15, 0.2) is 81.7 Å². The second kappa shape index (κ2) is 7.00. The van der Waals surface area contributed by atoms with E-state index in [1.54, 1.807) is 23.7 Å². The highest BCUT2D eigenvalue weighted by atomic mass is 32.1. The van der Waals surface area contributed by atoms with E-state index in [9.17, 15) is 4.79 Å². The van der Waals surface area contributed by atoms with Gasteiger partial charge in [0.25, 0.3) is 5.56 Å². The van der Waals surface area contributed by atoms with Gasteiger partial charge in [0.05, 0.1) is 16.3 Å². The molecule has 2 aliphatic rings. The molecule has 0 unspecified atom stereocenters. The Morgan fingerprint density at radius 2 is 2.00 bits per heavy atom. The third-order valence-electron chi connectivity index (χ3n) is 5.67. The minimum absolute atomic E-state index is 0.0198. The van der Waals surface area contributed by atoms with Crippen molar-refractivity contribution in [2.75, 3.05) is 0 Å². The van der Waals surface area contributed by atoms with Crippen molar-refractivity contribution in [3.05, 3.63) is 113 Å². The van der Waals surface area contributed by atoms with Crippen LogP contribution < -0.4 is 14.9 Å². The number of aromatic nitrogens is 2. The third-order valence-corrected chi connectivity index (χ3v) is 7.58. The highest BCUT2D eigenvalue weighted by Crippen LogP contribution is 2.42. The standard InChI is InChI=1S/C24H17N3OS2/c28-23-20(13-15-5-3-11-25-14-15)30-24-26-21-17-7-2-1-6-16(17)9-10-18(21)22(27(23)24)19-8-4-12-29-19/h1-8,11-14,22H,9-10H2/b20-13-/t22-/m0/s1. The highest BCUT2D eigenvalue weighted by Gasteiger charge is 2.32. The molecule has 0 fully saturated rings. The summed E-state index contributed by atoms with van der Waals surface area (Å²) in [5.41, 5.74) is 5.77. The molecule has 0 saturated carbocycles. The largest absolute Gasteiger partial charge is 0.271 e. The quantitative estimate of drug-likeness (QED) is 0.489. The number of benzene rings is 1. The maximum atomic E-state index is 13.5. The van der Waals surface area contributed by atoms with E-state index in [1.165, 1.54) is 32.9 Å². The van der Waals surface area contributed by atoms with E-state index in [0.29, 0.717) is 4.53 Å². The Kier molecular flexibility index (Phi) is 4.14. The number of nitrogens with zero attached hydrogens (tertiary/aromatic N) is 3. The lowest BCUT2D eigenvalue weighted by Gasteiger charge is -2.30. The number of aryl methyl sites for hydroxylation is 1. The Morgan fingerprint density at radius 3 is 2.83 bits per heavy atom. The zero-order valence-electron chi connectivity index (χ0n) is 16.0. The predicted octanol–water partition coefficient (Wildman–Crippen LogP) is 3.78. The third kappa shape index (κ3) is 2.75. The van der Waals surface area contributed by atoms with E-state index in [1.807, 2.05) is 22.8 Å². The van der Waals surface area contributed by atoms with Crippen LogP contribution in [-0.4, -0.2) is 9.55 Å². The fourth-order valence-electron chi connectivity index (χ4n) is 4.33. The van der Waals surface area contributed by atoms with Gasteiger partial charge in [0.2, 0.25) is 0 Å². The van der Waals surface area contributed by atoms with Gasteiger partial charge < -0.3 is 0 Å². The molecule has 0 spiro atoms. The number of hydrogen-bond donors (Lipinski definition) is 0. The lowest BCUT2D eigenvalue weighted by Crippen LogP contribution is -2.38. The highest BCUT2D eigenvalue weighted by molar-refractivity contribution is 7.10. The minimum atomic E-state index is -0.0827. The first-order valence-corrected chi connectivity index (χ1v) is 11.6. The Bertz CT molecular complexity index is 1460. The molecular weight excluding hydrogens is 410 g/mol. The van der Waals surface area contributed by atoms with Crippen molar-refractivity contribution < 1.29 is 0 Å². The molecule has 0 bridgehead atoms. The monoisotopic (exact) mass is 427 g/mol. The predicted molar refractivity (Wildman–Crippen MR) is 121 cm³/mol. The number of thiophene rings is 1. The van der Waals surface area contributed by atoms with Crippen LogP contribution in [0.1, 0.15) is 34.0 Å². The molecule has 1 aliphatic carbocycles. The summed E-state index contributed by atoms with van der Waals surface area (Å²) in [6.45, 7) is 0. The van der Waals surface area contributed by atoms with Crippen LogP contribution >= 0.6 is 22.7 Å². The molecule has 0 saturated heterocycles. The van der Waals surface area contributed by atoms with Gasteiger partial charge in [-0.1, -0.05) is 47.7 Å². The summed E-state index contributed by atoms with van der Waals surface area (Å²) in [4.78, 5) is 24.6. The van der Waals surface area contributed by atoms with Gasteiger partial charge in [-0.05, 0) is 53.1 Å². The van der Waals surface area contributed by atoms with Crippen LogP contribution in [-0.2, 0) is 6.42 Å². The summed E-state index contributed by atoms with van der Waals surface area (Å²) in [6.07, 6.45) is 7.33. The summed E-state index contributed by atoms with van der Waals surface area (Å²) >= 11 is 3.16. The van der Waals surface area contributed by atoms with Crippen molar-refractivity contribution in [1.29, 1.82) is 0 Å². The Hall–Kier alpha value is -3.09. The zero-order valence-corrected chi connectivity index (χ0v) is 17.6. The molecule has 6 heteroatoms. The lowest BCUT2D eigenvalue weighted by atomic mass is 9.85. The molecule has 4 heterocycles. The van der Waals surface area contributed by atoms with Crippen molar-refractivity contribution in [1.82, 2.24) is 9.55 Å². The van der Waals surface area contributed by atoms with Gasteiger partial charge in [0, 0.05) is 22.8 Å². The molecule has 0 N–H and O–H groups in total. The molecular formula is C24H17N3OS2. The van der Waals surface area contributed by atoms with Gasteiger partial charge >= 0.3 is 0 Å². The molecule has 1 aromatic carbocycles. The van der Waals surface area contributed by atoms with Crippen LogP contribution in [0, 0.1) is 0 Å². The topological polar surface area (TPSA) is 47.2 Å². The number of rotatable bonds is 2. The van der Waals surface area contributed by atoms with Crippen molar-refractivity contribution in [3.8, 4) is 0 Å². The molecule has 4 nitrogen and oxygen atoms in total. The molecule has 4 aromatic rings. The Morgan fingerprint density at radius 1 is 1.07 bits per heavy atom. The lowest BCUT2D eigenvalue weighted by molar-refractivity contribution is 0.593. The van der Waals surface area contributed by atoms with Crippen LogP contribution in [0.25, 0.3) is 11.8 Å². The van der Waals surface area contributed by atoms with Crippen LogP contribution in [0.2, 0.25) is 0 Å². The van der Waals surface area contributed by atoms with Gasteiger partial charge in [0.15, 0.2) is 4.80 Å². The fraction of sp³-hybridized carbons (Fsp3) is 0.125. The van der Waals surface area contributed by atoms with E-state index in [4.69, 9.17) is 4.99 Å². The zero-order chi connectivity index (χ0) is 20.1. The smallest absolute Gasteiger partial charge is 0.271 e. The number of pyridine rings is 1. The summed E-state index contributed by atoms with van der Waals surface area (Å²) in [5.74, 6) is 0. The fourth-order valence-corrected chi connectivity index (χ4v) is 6.18. The molecule has 1 aliphatic heterocycles. The van der Waals surface area contributed by atoms with Gasteiger partial charge in [-0.15, -0.1) is 11.3 Å². The average Bonchev–Trinajstić information content (AvgIpc) is 3.42. The molecule has 3 aromatic heterocycles. The molecule has 0 amide bonds. The first kappa shape index (κ1) is 17.7. The minimum Gasteiger partial charge on any atom is -0.271 e. The summed E-state index contributed by atoms with van der Waals surface area (Å²) in [7, 11) is 0. The normalized spacial score (nSPS) is 17.9. The second-order valence-corrected chi connectivity index (χ2v) is 9.40. The summed E-state index contributed by atoms with van der Waals surface area (Å²) in [5, 5.41) is 2.08. The van der Waals surface area contributed by atoms with E-state index in [-0.39, 0.29) is 11.6 Å².